The Kier molecular flexibility index (Phi) is 4.00. The summed E-state index contributed by atoms with van der Waals surface area (Å²) in [6.07, 6.45) is 2.78. The first kappa shape index (κ1) is 16.1. The minimum atomic E-state index is -0.487. The molecular formula is C16H26N4O3. The third-order valence-electron chi connectivity index (χ3n) is 4.46. The number of nitrogens with one attached hydrogen (secondary N) is 1. The van der Waals surface area contributed by atoms with Crippen LogP contribution in [0.4, 0.5) is 10.6 Å². The Hall–Kier alpha value is -1.76. The molecular weight excluding hydrogens is 296 g/mol. The summed E-state index contributed by atoms with van der Waals surface area (Å²) < 4.78 is 7.36. The smallest absolute Gasteiger partial charge is 0.410 e. The van der Waals surface area contributed by atoms with Crippen molar-refractivity contribution in [2.45, 2.75) is 64.3 Å². The molecule has 3 rings (SSSR count). The summed E-state index contributed by atoms with van der Waals surface area (Å²) in [6.45, 7) is 7.47. The van der Waals surface area contributed by atoms with Crippen molar-refractivity contribution in [3.05, 3.63) is 11.8 Å². The van der Waals surface area contributed by atoms with E-state index in [2.05, 4.69) is 10.4 Å². The fourth-order valence-electron chi connectivity index (χ4n) is 3.01. The highest BCUT2D eigenvalue weighted by molar-refractivity contribution is 5.68. The summed E-state index contributed by atoms with van der Waals surface area (Å²) in [5.74, 6) is 0.778. The van der Waals surface area contributed by atoms with Crippen LogP contribution in [0.2, 0.25) is 0 Å². The quantitative estimate of drug-likeness (QED) is 0.889. The second-order valence-corrected chi connectivity index (χ2v) is 7.56. The Labute approximate surface area is 136 Å². The van der Waals surface area contributed by atoms with Gasteiger partial charge < -0.3 is 20.1 Å². The van der Waals surface area contributed by atoms with Gasteiger partial charge in [-0.2, -0.15) is 5.10 Å². The second-order valence-electron chi connectivity index (χ2n) is 7.56. The number of nitrogens with zero attached hydrogens (tertiary/aromatic N) is 3. The molecule has 1 saturated carbocycles. The molecule has 7 nitrogen and oxygen atoms in total. The molecule has 128 valence electrons. The molecule has 0 radical (unpaired) electrons. The maximum absolute atomic E-state index is 12.2. The lowest BCUT2D eigenvalue weighted by molar-refractivity contribution is 0.0194. The number of aliphatic hydroxyl groups is 1. The lowest BCUT2D eigenvalue weighted by Crippen LogP contribution is -2.48. The normalized spacial score (nSPS) is 19.7. The summed E-state index contributed by atoms with van der Waals surface area (Å²) in [6, 6.07) is 1.96. The van der Waals surface area contributed by atoms with Crippen molar-refractivity contribution < 1.29 is 14.6 Å². The van der Waals surface area contributed by atoms with Gasteiger partial charge in [0.25, 0.3) is 0 Å². The number of carbonyl (C=O) groups is 1. The van der Waals surface area contributed by atoms with Crippen molar-refractivity contribution in [3.8, 4) is 0 Å². The number of carbonyl (C=O) groups excluding carboxylic acids is 1. The van der Waals surface area contributed by atoms with Gasteiger partial charge >= 0.3 is 6.09 Å². The first-order chi connectivity index (χ1) is 10.8. The average molecular weight is 322 g/mol. The fourth-order valence-corrected chi connectivity index (χ4v) is 3.01. The van der Waals surface area contributed by atoms with Gasteiger partial charge in [0.1, 0.15) is 11.4 Å². The third-order valence-corrected chi connectivity index (χ3v) is 4.46. The zero-order chi connectivity index (χ0) is 16.7. The number of aliphatic hydroxyl groups excluding tert-OH is 1. The molecule has 7 heteroatoms. The van der Waals surface area contributed by atoms with Crippen molar-refractivity contribution >= 4 is 11.9 Å². The first-order valence-electron chi connectivity index (χ1n) is 8.24. The first-order valence-corrected chi connectivity index (χ1v) is 8.24. The molecule has 2 heterocycles. The number of hydrogen-bond acceptors (Lipinski definition) is 5. The largest absolute Gasteiger partial charge is 0.444 e. The summed E-state index contributed by atoms with van der Waals surface area (Å²) in [7, 11) is 0. The van der Waals surface area contributed by atoms with Crippen LogP contribution in [0.5, 0.6) is 0 Å². The van der Waals surface area contributed by atoms with Crippen LogP contribution in [0.25, 0.3) is 0 Å². The minimum absolute atomic E-state index is 0.124. The van der Waals surface area contributed by atoms with Gasteiger partial charge in [-0.3, -0.25) is 4.68 Å². The number of amides is 1. The van der Waals surface area contributed by atoms with Crippen molar-refractivity contribution in [2.75, 3.05) is 18.5 Å². The van der Waals surface area contributed by atoms with E-state index in [9.17, 15) is 9.90 Å². The molecule has 2 N–H and O–H groups in total. The molecule has 0 aromatic carbocycles. The van der Waals surface area contributed by atoms with Crippen LogP contribution in [-0.2, 0) is 17.8 Å². The van der Waals surface area contributed by atoms with Crippen LogP contribution in [0.3, 0.4) is 0 Å². The van der Waals surface area contributed by atoms with E-state index in [0.29, 0.717) is 19.6 Å². The Morgan fingerprint density at radius 1 is 1.43 bits per heavy atom. The molecule has 1 aromatic rings. The number of rotatable bonds is 3. The van der Waals surface area contributed by atoms with Crippen molar-refractivity contribution in [1.29, 1.82) is 0 Å². The van der Waals surface area contributed by atoms with Crippen LogP contribution in [0, 0.1) is 0 Å². The second kappa shape index (κ2) is 5.70. The Morgan fingerprint density at radius 2 is 2.17 bits per heavy atom. The summed E-state index contributed by atoms with van der Waals surface area (Å²) in [5.41, 5.74) is 0.284. The maximum Gasteiger partial charge on any atom is 0.410 e. The Bertz CT molecular complexity index is 581. The average Bonchev–Trinajstić information content (AvgIpc) is 2.82. The van der Waals surface area contributed by atoms with E-state index in [4.69, 9.17) is 4.74 Å². The molecule has 1 aromatic heterocycles. The van der Waals surface area contributed by atoms with Crippen LogP contribution in [-0.4, -0.2) is 50.2 Å². The Morgan fingerprint density at radius 3 is 2.74 bits per heavy atom. The topological polar surface area (TPSA) is 79.6 Å². The van der Waals surface area contributed by atoms with E-state index < -0.39 is 5.60 Å². The van der Waals surface area contributed by atoms with E-state index in [1.54, 1.807) is 4.90 Å². The highest BCUT2D eigenvalue weighted by Gasteiger charge is 2.37. The van der Waals surface area contributed by atoms with Gasteiger partial charge in [-0.15, -0.1) is 0 Å². The molecule has 0 bridgehead atoms. The third kappa shape index (κ3) is 3.44. The zero-order valence-corrected chi connectivity index (χ0v) is 14.1. The summed E-state index contributed by atoms with van der Waals surface area (Å²) >= 11 is 0. The van der Waals surface area contributed by atoms with Gasteiger partial charge in [0, 0.05) is 12.6 Å². The number of fused-ring (bicyclic) bond motifs is 1. The highest BCUT2D eigenvalue weighted by atomic mass is 16.6. The molecule has 1 amide bonds. The predicted octanol–water partition coefficient (Wildman–Crippen LogP) is 1.96. The van der Waals surface area contributed by atoms with E-state index in [1.165, 1.54) is 0 Å². The van der Waals surface area contributed by atoms with Crippen LogP contribution < -0.4 is 5.32 Å². The monoisotopic (exact) mass is 322 g/mol. The molecule has 0 atom stereocenters. The van der Waals surface area contributed by atoms with Crippen LogP contribution >= 0.6 is 0 Å². The van der Waals surface area contributed by atoms with Gasteiger partial charge in [0.2, 0.25) is 0 Å². The molecule has 1 fully saturated rings. The number of hydrogen-bond donors (Lipinski definition) is 2. The van der Waals surface area contributed by atoms with E-state index >= 15 is 0 Å². The van der Waals surface area contributed by atoms with E-state index in [0.717, 1.165) is 30.8 Å². The van der Waals surface area contributed by atoms with Gasteiger partial charge in [-0.1, -0.05) is 0 Å². The SMILES string of the molecule is CC(C)(C)OC(=O)N1CCn2nc(NC3(CO)CCC3)cc2C1. The minimum Gasteiger partial charge on any atom is -0.444 e. The maximum atomic E-state index is 12.2. The predicted molar refractivity (Wildman–Crippen MR) is 86.2 cm³/mol. The lowest BCUT2D eigenvalue weighted by Gasteiger charge is -2.41. The van der Waals surface area contributed by atoms with Gasteiger partial charge in [-0.25, -0.2) is 4.79 Å². The van der Waals surface area contributed by atoms with Gasteiger partial charge in [-0.05, 0) is 40.0 Å². The molecule has 1 aliphatic carbocycles. The fraction of sp³-hybridized carbons (Fsp3) is 0.750. The van der Waals surface area contributed by atoms with Gasteiger partial charge in [0.05, 0.1) is 30.9 Å². The van der Waals surface area contributed by atoms with Crippen molar-refractivity contribution in [1.82, 2.24) is 14.7 Å². The lowest BCUT2D eigenvalue weighted by atomic mass is 9.77. The van der Waals surface area contributed by atoms with Gasteiger partial charge in [0.15, 0.2) is 0 Å². The van der Waals surface area contributed by atoms with E-state index in [-0.39, 0.29) is 18.2 Å². The standard InChI is InChI=1S/C16H26N4O3/c1-15(2,3)23-14(22)19-7-8-20-12(10-19)9-13(18-20)17-16(11-21)5-4-6-16/h9,21H,4-8,10-11H2,1-3H3,(H,17,18). The molecule has 2 aliphatic rings. The zero-order valence-electron chi connectivity index (χ0n) is 14.1. The highest BCUT2D eigenvalue weighted by Crippen LogP contribution is 2.34. The number of aromatic nitrogens is 2. The molecule has 0 saturated heterocycles. The number of anilines is 1. The molecule has 0 spiro atoms. The van der Waals surface area contributed by atoms with Crippen LogP contribution in [0.1, 0.15) is 45.7 Å². The summed E-state index contributed by atoms with van der Waals surface area (Å²) in [4.78, 5) is 13.9. The van der Waals surface area contributed by atoms with Crippen molar-refractivity contribution in [2.24, 2.45) is 0 Å². The Balaban J connectivity index is 1.66. The molecule has 23 heavy (non-hydrogen) atoms. The van der Waals surface area contributed by atoms with Crippen molar-refractivity contribution in [3.63, 3.8) is 0 Å². The van der Waals surface area contributed by atoms with Crippen LogP contribution in [0.15, 0.2) is 6.07 Å². The molecule has 0 unspecified atom stereocenters. The number of ether oxygens (including phenoxy) is 1. The van der Waals surface area contributed by atoms with E-state index in [1.807, 2.05) is 31.5 Å². The molecule has 1 aliphatic heterocycles. The summed E-state index contributed by atoms with van der Waals surface area (Å²) in [5, 5.41) is 17.5.